The summed E-state index contributed by atoms with van der Waals surface area (Å²) in [6, 6.07) is 0. The zero-order valence-corrected chi connectivity index (χ0v) is 7.93. The number of carboxylic acid groups (broad SMARTS) is 2. The average molecular weight is 173 g/mol. The van der Waals surface area contributed by atoms with Gasteiger partial charge in [-0.2, -0.15) is 0 Å². The third-order valence-corrected chi connectivity index (χ3v) is 0.167. The van der Waals surface area contributed by atoms with E-state index in [1.54, 1.807) is 0 Å². The second-order valence-electron chi connectivity index (χ2n) is 0.575. The van der Waals surface area contributed by atoms with Gasteiger partial charge in [0, 0.05) is 25.8 Å². The second kappa shape index (κ2) is 8.07. The summed E-state index contributed by atoms with van der Waals surface area (Å²) < 4.78 is 0. The van der Waals surface area contributed by atoms with Crippen LogP contribution in [0.15, 0.2) is 0 Å². The van der Waals surface area contributed by atoms with Crippen molar-refractivity contribution >= 4 is 49.7 Å². The maximum absolute atomic E-state index is 8.93. The van der Waals surface area contributed by atoms with Crippen molar-refractivity contribution in [2.24, 2.45) is 0 Å². The molecule has 0 aromatic rings. The second-order valence-corrected chi connectivity index (χ2v) is 0.575. The molecule has 0 aliphatic rings. The molecule has 0 saturated heterocycles. The summed E-state index contributed by atoms with van der Waals surface area (Å²) in [5.41, 5.74) is 0. The minimum absolute atomic E-state index is 0. The molecular weight excluding hydrogens is 173 g/mol. The van der Waals surface area contributed by atoms with Crippen LogP contribution < -0.4 is 10.2 Å². The average Bonchev–Trinajstić information content (AvgIpc) is 1.36. The number of hydrogen-bond acceptors (Lipinski definition) is 4. The van der Waals surface area contributed by atoms with Gasteiger partial charge in [0.2, 0.25) is 0 Å². The van der Waals surface area contributed by atoms with E-state index in [1.165, 1.54) is 0 Å². The molecule has 0 fully saturated rings. The van der Waals surface area contributed by atoms with E-state index in [1.807, 2.05) is 0 Å². The zero-order chi connectivity index (χ0) is 5.15. The van der Waals surface area contributed by atoms with E-state index in [0.717, 1.165) is 0 Å². The molecule has 1 radical (unpaired) electrons. The third-order valence-electron chi connectivity index (χ3n) is 0.167. The van der Waals surface area contributed by atoms with Gasteiger partial charge in [-0.05, 0) is 0 Å². The quantitative estimate of drug-likeness (QED) is 0.277. The van der Waals surface area contributed by atoms with Crippen LogP contribution in [0.3, 0.4) is 0 Å². The van der Waals surface area contributed by atoms with Gasteiger partial charge >= 0.3 is 37.7 Å². The Hall–Kier alpha value is 1.07. The molecule has 0 aromatic carbocycles. The first kappa shape index (κ1) is 16.0. The first-order valence-electron chi connectivity index (χ1n) is 1.07. The molecular formula is C2CaO4Sc. The van der Waals surface area contributed by atoms with Crippen molar-refractivity contribution in [2.45, 2.75) is 0 Å². The van der Waals surface area contributed by atoms with Crippen molar-refractivity contribution in [3.63, 3.8) is 0 Å². The molecule has 0 unspecified atom stereocenters. The van der Waals surface area contributed by atoms with Crippen molar-refractivity contribution in [1.82, 2.24) is 0 Å². The fourth-order valence-corrected chi connectivity index (χ4v) is 0. The van der Waals surface area contributed by atoms with Crippen LogP contribution in [0.5, 0.6) is 0 Å². The minimum atomic E-state index is -2.19. The van der Waals surface area contributed by atoms with E-state index in [-0.39, 0.29) is 63.6 Å². The van der Waals surface area contributed by atoms with Gasteiger partial charge in [0.15, 0.2) is 0 Å². The van der Waals surface area contributed by atoms with Gasteiger partial charge in [-0.1, -0.05) is 0 Å². The first-order chi connectivity index (χ1) is 2.64. The van der Waals surface area contributed by atoms with Crippen molar-refractivity contribution in [2.75, 3.05) is 0 Å². The fraction of sp³-hybridized carbons (Fsp3) is 0. The summed E-state index contributed by atoms with van der Waals surface area (Å²) in [6.07, 6.45) is 0. The molecule has 4 nitrogen and oxygen atoms in total. The monoisotopic (exact) mass is 173 g/mol. The van der Waals surface area contributed by atoms with Gasteiger partial charge < -0.3 is 19.8 Å². The molecule has 0 spiro atoms. The summed E-state index contributed by atoms with van der Waals surface area (Å²) in [5.74, 6) is -4.37. The number of carbonyl (C=O) groups excluding carboxylic acids is 2. The Bertz CT molecular complexity index is 80.0. The van der Waals surface area contributed by atoms with Crippen LogP contribution in [0.25, 0.3) is 0 Å². The zero-order valence-electron chi connectivity index (χ0n) is 3.92. The van der Waals surface area contributed by atoms with Crippen molar-refractivity contribution in [3.05, 3.63) is 0 Å². The van der Waals surface area contributed by atoms with Crippen molar-refractivity contribution in [3.8, 4) is 0 Å². The number of aliphatic carboxylic acids is 2. The molecule has 0 bridgehead atoms. The van der Waals surface area contributed by atoms with Crippen LogP contribution in [0.1, 0.15) is 0 Å². The van der Waals surface area contributed by atoms with Crippen LogP contribution >= 0.6 is 0 Å². The van der Waals surface area contributed by atoms with Crippen molar-refractivity contribution in [1.29, 1.82) is 0 Å². The summed E-state index contributed by atoms with van der Waals surface area (Å²) in [7, 11) is 0. The molecule has 0 saturated carbocycles. The van der Waals surface area contributed by atoms with Crippen LogP contribution in [-0.4, -0.2) is 49.7 Å². The molecule has 0 aromatic heterocycles. The van der Waals surface area contributed by atoms with Gasteiger partial charge in [-0.15, -0.1) is 0 Å². The molecule has 0 rings (SSSR count). The maximum atomic E-state index is 8.93. The van der Waals surface area contributed by atoms with E-state index < -0.39 is 11.9 Å². The van der Waals surface area contributed by atoms with Gasteiger partial charge in [0.05, 0.1) is 11.9 Å². The van der Waals surface area contributed by atoms with Crippen LogP contribution in [0.4, 0.5) is 0 Å². The Morgan fingerprint density at radius 1 is 1.00 bits per heavy atom. The Kier molecular flexibility index (Phi) is 16.2. The predicted molar refractivity (Wildman–Crippen MR) is 15.8 cm³/mol. The summed E-state index contributed by atoms with van der Waals surface area (Å²) in [5, 5.41) is 17.9. The molecule has 6 heteroatoms. The summed E-state index contributed by atoms with van der Waals surface area (Å²) in [6.45, 7) is 0. The largest absolute Gasteiger partial charge is 2.00 e. The number of rotatable bonds is 0. The Labute approximate surface area is 94.0 Å². The SMILES string of the molecule is O=C([O-])C(=O)[O-].[Ca+2].[Sc]. The standard InChI is InChI=1S/C2H2O4.Ca.Sc/c3-1(4)2(5)6;;/h(H,3,4)(H,5,6);;/q;+2;/p-2. The molecule has 8 heavy (non-hydrogen) atoms. The molecule has 0 heterocycles. The van der Waals surface area contributed by atoms with E-state index in [4.69, 9.17) is 19.8 Å². The summed E-state index contributed by atoms with van der Waals surface area (Å²) in [4.78, 5) is 17.9. The Morgan fingerprint density at radius 3 is 1.12 bits per heavy atom. The molecule has 0 atom stereocenters. The maximum Gasteiger partial charge on any atom is 2.00 e. The minimum Gasteiger partial charge on any atom is -0.543 e. The van der Waals surface area contributed by atoms with E-state index in [0.29, 0.717) is 0 Å². The molecule has 0 aliphatic heterocycles. The van der Waals surface area contributed by atoms with Gasteiger partial charge in [-0.25, -0.2) is 0 Å². The smallest absolute Gasteiger partial charge is 0.543 e. The van der Waals surface area contributed by atoms with E-state index in [9.17, 15) is 0 Å². The van der Waals surface area contributed by atoms with Gasteiger partial charge in [0.25, 0.3) is 0 Å². The number of hydrogen-bond donors (Lipinski definition) is 0. The fourth-order valence-electron chi connectivity index (χ4n) is 0. The molecule has 0 amide bonds. The molecule has 37 valence electrons. The Balaban J connectivity index is -0.000000125. The summed E-state index contributed by atoms with van der Waals surface area (Å²) >= 11 is 0. The number of carboxylic acids is 2. The third kappa shape index (κ3) is 10.1. The van der Waals surface area contributed by atoms with E-state index in [2.05, 4.69) is 0 Å². The predicted octanol–water partition coefficient (Wildman–Crippen LogP) is -3.90. The van der Waals surface area contributed by atoms with Crippen LogP contribution in [0, 0.1) is 0 Å². The normalized spacial score (nSPS) is 5.50. The van der Waals surface area contributed by atoms with Crippen LogP contribution in [0.2, 0.25) is 0 Å². The molecule has 0 N–H and O–H groups in total. The molecule has 0 aliphatic carbocycles. The van der Waals surface area contributed by atoms with Gasteiger partial charge in [0.1, 0.15) is 0 Å². The first-order valence-corrected chi connectivity index (χ1v) is 1.07. The van der Waals surface area contributed by atoms with E-state index >= 15 is 0 Å². The Morgan fingerprint density at radius 2 is 1.12 bits per heavy atom. The topological polar surface area (TPSA) is 80.3 Å². The van der Waals surface area contributed by atoms with Gasteiger partial charge in [-0.3, -0.25) is 0 Å². The number of carbonyl (C=O) groups is 2. The van der Waals surface area contributed by atoms with Crippen molar-refractivity contribution < 1.29 is 45.6 Å². The van der Waals surface area contributed by atoms with Crippen LogP contribution in [-0.2, 0) is 35.4 Å².